The van der Waals surface area contributed by atoms with Gasteiger partial charge in [-0.05, 0) is 32.1 Å². The third-order valence-corrected chi connectivity index (χ3v) is 17.1. The molecule has 0 aromatic rings. The normalized spacial score (nSPS) is 12.0. The highest BCUT2D eigenvalue weighted by Gasteiger charge is 2.21. The predicted molar refractivity (Wildman–Crippen MR) is 377 cm³/mol. The van der Waals surface area contributed by atoms with Crippen molar-refractivity contribution in [2.45, 2.75) is 409 Å². The first-order chi connectivity index (χ1) is 43.8. The van der Waals surface area contributed by atoms with E-state index in [0.29, 0.717) is 33.0 Å². The molecule has 0 aliphatic heterocycles. The number of methoxy groups -OCH3 is 1. The fourth-order valence-corrected chi connectivity index (χ4v) is 10.9. The van der Waals surface area contributed by atoms with E-state index in [4.69, 9.17) is 23.7 Å². The minimum absolute atomic E-state index is 0.103. The van der Waals surface area contributed by atoms with Gasteiger partial charge in [0.25, 0.3) is 0 Å². The van der Waals surface area contributed by atoms with Crippen LogP contribution in [0.5, 0.6) is 0 Å². The van der Waals surface area contributed by atoms with E-state index in [-0.39, 0.29) is 55.1 Å². The van der Waals surface area contributed by atoms with Crippen LogP contribution >= 0.6 is 0 Å². The molecule has 0 saturated carbocycles. The van der Waals surface area contributed by atoms with Crippen LogP contribution in [0, 0.1) is 17.8 Å². The molecule has 0 heterocycles. The van der Waals surface area contributed by atoms with Gasteiger partial charge >= 0.3 is 35.8 Å². The number of hydrogen-bond donors (Lipinski definition) is 0. The second kappa shape index (κ2) is 76.5. The lowest BCUT2D eigenvalue weighted by atomic mass is 10.0. The molecule has 0 bridgehead atoms. The number of carbonyl (C=O) groups is 6. The van der Waals surface area contributed by atoms with Crippen LogP contribution in [-0.4, -0.2) is 76.0 Å². The third kappa shape index (κ3) is 73.9. The Morgan fingerprint density at radius 2 is 0.356 bits per heavy atom. The van der Waals surface area contributed by atoms with Gasteiger partial charge in [-0.3, -0.25) is 28.8 Å². The van der Waals surface area contributed by atoms with Gasteiger partial charge in [0, 0.05) is 0 Å². The maximum absolute atomic E-state index is 12.1. The molecule has 0 aromatic heterocycles. The summed E-state index contributed by atoms with van der Waals surface area (Å²) in [4.78, 5) is 70.7. The summed E-state index contributed by atoms with van der Waals surface area (Å²) in [6, 6.07) is 0. The maximum atomic E-state index is 12.1. The number of esters is 6. The van der Waals surface area contributed by atoms with Crippen molar-refractivity contribution < 1.29 is 57.2 Å². The molecule has 90 heavy (non-hydrogen) atoms. The van der Waals surface area contributed by atoms with Crippen LogP contribution in [0.15, 0.2) is 0 Å². The second-order valence-corrected chi connectivity index (χ2v) is 26.5. The SMILES string of the molecule is CCCCCCCCCCCCCCCCCCOC(=O)CC(C)C(=O)OC.CCCCCCCCCCCCOC(=O)CC(C)C(=O)OCCCCCCCCCCCC.CCCCCCCCCCOC(=O)CC(C)C(=O)OCCCCCCCCCC. The molecule has 3 atom stereocenters. The maximum Gasteiger partial charge on any atom is 0.309 e. The van der Waals surface area contributed by atoms with Crippen molar-refractivity contribution in [3.05, 3.63) is 0 Å². The molecule has 0 radical (unpaired) electrons. The summed E-state index contributed by atoms with van der Waals surface area (Å²) in [6.07, 6.45) is 66.3. The van der Waals surface area contributed by atoms with Gasteiger partial charge in [0.1, 0.15) is 0 Å². The lowest BCUT2D eigenvalue weighted by Gasteiger charge is -2.11. The molecule has 0 saturated heterocycles. The highest BCUT2D eigenvalue weighted by molar-refractivity contribution is 5.80. The smallest absolute Gasteiger partial charge is 0.309 e. The van der Waals surface area contributed by atoms with Crippen molar-refractivity contribution in [3.63, 3.8) is 0 Å². The fraction of sp³-hybridized carbons (Fsp3) is 0.923. The highest BCUT2D eigenvalue weighted by atomic mass is 16.6. The van der Waals surface area contributed by atoms with Crippen molar-refractivity contribution in [3.8, 4) is 0 Å². The zero-order valence-corrected chi connectivity index (χ0v) is 61.1. The first kappa shape index (κ1) is 91.0. The molecule has 0 spiro atoms. The first-order valence-corrected chi connectivity index (χ1v) is 38.7. The Bertz CT molecular complexity index is 1540. The summed E-state index contributed by atoms with van der Waals surface area (Å²) in [5, 5.41) is 0. The predicted octanol–water partition coefficient (Wildman–Crippen LogP) is 23.3. The Labute approximate surface area is 557 Å². The standard InChI is InChI=1S/C29H56O4.C25H48O4.C24H46O4/c1-4-6-8-10-12-14-16-18-20-22-24-32-28(30)26-27(3)29(31)33-25-23-21-19-17-15-13-11-9-7-5-2;1-4-6-8-10-12-14-16-18-20-28-24(26)22-23(3)25(27)29-21-19-17-15-13-11-9-7-5-2;1-4-5-6-7-8-9-10-11-12-13-14-15-16-17-18-19-20-28-23(25)21-22(2)24(26)27-3/h27H,4-26H2,1-3H3;23H,4-22H2,1-3H3;22H,4-21H2,1-3H3. The topological polar surface area (TPSA) is 158 Å². The van der Waals surface area contributed by atoms with Crippen molar-refractivity contribution in [2.75, 3.05) is 40.1 Å². The van der Waals surface area contributed by atoms with Crippen LogP contribution in [0.1, 0.15) is 409 Å². The zero-order chi connectivity index (χ0) is 66.9. The highest BCUT2D eigenvalue weighted by Crippen LogP contribution is 2.18. The van der Waals surface area contributed by atoms with Crippen molar-refractivity contribution >= 4 is 35.8 Å². The minimum Gasteiger partial charge on any atom is -0.469 e. The molecular formula is C78H150O12. The molecule has 0 aliphatic carbocycles. The van der Waals surface area contributed by atoms with Gasteiger partial charge in [-0.1, -0.05) is 357 Å². The molecule has 0 aromatic carbocycles. The van der Waals surface area contributed by atoms with E-state index >= 15 is 0 Å². The van der Waals surface area contributed by atoms with Crippen LogP contribution < -0.4 is 0 Å². The average molecular weight is 1280 g/mol. The molecule has 0 rings (SSSR count). The number of ether oxygens (including phenoxy) is 6. The molecular weight excluding hydrogens is 1130 g/mol. The summed E-state index contributed by atoms with van der Waals surface area (Å²) in [5.41, 5.74) is 0. The van der Waals surface area contributed by atoms with E-state index < -0.39 is 17.8 Å². The Hall–Kier alpha value is -3.18. The number of unbranched alkanes of at least 4 members (excludes halogenated alkanes) is 47. The van der Waals surface area contributed by atoms with Crippen LogP contribution in [-0.2, 0) is 57.2 Å². The van der Waals surface area contributed by atoms with Gasteiger partial charge in [-0.2, -0.15) is 0 Å². The summed E-state index contributed by atoms with van der Waals surface area (Å²) >= 11 is 0. The van der Waals surface area contributed by atoms with Crippen molar-refractivity contribution in [1.82, 2.24) is 0 Å². The van der Waals surface area contributed by atoms with Gasteiger partial charge in [-0.25, -0.2) is 0 Å². The molecule has 534 valence electrons. The largest absolute Gasteiger partial charge is 0.469 e. The monoisotopic (exact) mass is 1280 g/mol. The molecule has 0 fully saturated rings. The first-order valence-electron chi connectivity index (χ1n) is 38.7. The van der Waals surface area contributed by atoms with Gasteiger partial charge in [0.15, 0.2) is 0 Å². The molecule has 0 aliphatic rings. The van der Waals surface area contributed by atoms with E-state index in [2.05, 4.69) is 39.4 Å². The lowest BCUT2D eigenvalue weighted by Crippen LogP contribution is -2.20. The zero-order valence-electron chi connectivity index (χ0n) is 61.1. The van der Waals surface area contributed by atoms with Gasteiger partial charge in [0.05, 0.1) is 77.2 Å². The van der Waals surface area contributed by atoms with Crippen LogP contribution in [0.25, 0.3) is 0 Å². The van der Waals surface area contributed by atoms with Crippen molar-refractivity contribution in [1.29, 1.82) is 0 Å². The summed E-state index contributed by atoms with van der Waals surface area (Å²) < 4.78 is 31.0. The van der Waals surface area contributed by atoms with E-state index in [1.807, 2.05) is 0 Å². The second-order valence-electron chi connectivity index (χ2n) is 26.5. The number of carbonyl (C=O) groups excluding carboxylic acids is 6. The van der Waals surface area contributed by atoms with E-state index in [1.54, 1.807) is 20.8 Å². The number of hydrogen-bond acceptors (Lipinski definition) is 12. The Morgan fingerprint density at radius 3 is 0.522 bits per heavy atom. The van der Waals surface area contributed by atoms with Gasteiger partial charge < -0.3 is 28.4 Å². The Morgan fingerprint density at radius 1 is 0.211 bits per heavy atom. The molecule has 0 N–H and O–H groups in total. The Balaban J connectivity index is -0.00000127. The summed E-state index contributed by atoms with van der Waals surface area (Å²) in [6.45, 7) is 18.7. The van der Waals surface area contributed by atoms with Gasteiger partial charge in [0.2, 0.25) is 0 Å². The molecule has 12 nitrogen and oxygen atoms in total. The summed E-state index contributed by atoms with van der Waals surface area (Å²) in [7, 11) is 1.33. The van der Waals surface area contributed by atoms with Gasteiger partial charge in [-0.15, -0.1) is 0 Å². The average Bonchev–Trinajstić information content (AvgIpc) is 3.57. The van der Waals surface area contributed by atoms with E-state index in [9.17, 15) is 28.8 Å². The van der Waals surface area contributed by atoms with Crippen LogP contribution in [0.2, 0.25) is 0 Å². The quantitative estimate of drug-likeness (QED) is 0.0323. The lowest BCUT2D eigenvalue weighted by molar-refractivity contribution is -0.154. The number of rotatable bonds is 66. The fourth-order valence-electron chi connectivity index (χ4n) is 10.9. The van der Waals surface area contributed by atoms with E-state index in [0.717, 1.165) is 64.2 Å². The molecule has 0 amide bonds. The van der Waals surface area contributed by atoms with Crippen LogP contribution in [0.3, 0.4) is 0 Å². The van der Waals surface area contributed by atoms with Crippen LogP contribution in [0.4, 0.5) is 0 Å². The molecule has 3 unspecified atom stereocenters. The van der Waals surface area contributed by atoms with Crippen molar-refractivity contribution in [2.24, 2.45) is 17.8 Å². The molecule has 12 heteroatoms. The third-order valence-electron chi connectivity index (χ3n) is 17.1. The Kier molecular flexibility index (Phi) is 77.4. The minimum atomic E-state index is -0.428. The van der Waals surface area contributed by atoms with E-state index in [1.165, 1.54) is 277 Å². The summed E-state index contributed by atoms with van der Waals surface area (Å²) in [5.74, 6) is -3.07.